The van der Waals surface area contributed by atoms with Crippen LogP contribution in [0.5, 0.6) is 0 Å². The molecule has 0 bridgehead atoms. The minimum Gasteiger partial charge on any atom is -0.289 e. The van der Waals surface area contributed by atoms with E-state index in [0.29, 0.717) is 0 Å². The fourth-order valence-electron chi connectivity index (χ4n) is 0.112. The molecule has 0 amide bonds. The van der Waals surface area contributed by atoms with Crippen LogP contribution in [0.15, 0.2) is 0 Å². The van der Waals surface area contributed by atoms with Gasteiger partial charge in [-0.25, -0.2) is 4.57 Å². The summed E-state index contributed by atoms with van der Waals surface area (Å²) in [4.78, 5) is 0. The number of hydrogen-bond donors (Lipinski definition) is 0. The molecule has 4 heteroatoms. The lowest BCUT2D eigenvalue weighted by Crippen LogP contribution is -2.12. The average molecular weight is 150 g/mol. The van der Waals surface area contributed by atoms with Crippen molar-refractivity contribution in [3.8, 4) is 0 Å². The molecule has 8 heavy (non-hydrogen) atoms. The topological polar surface area (TPSA) is 26.3 Å². The van der Waals surface area contributed by atoms with E-state index in [2.05, 4.69) is 4.52 Å². The first-order chi connectivity index (χ1) is 3.06. The van der Waals surface area contributed by atoms with Crippen molar-refractivity contribution in [3.63, 3.8) is 0 Å². The van der Waals surface area contributed by atoms with Gasteiger partial charge in [0.2, 0.25) is 0 Å². The molecule has 0 heterocycles. The van der Waals surface area contributed by atoms with Crippen molar-refractivity contribution < 1.29 is 9.09 Å². The van der Waals surface area contributed by atoms with Gasteiger partial charge in [0.25, 0.3) is 0 Å². The molecule has 0 saturated heterocycles. The monoisotopic (exact) mass is 150 g/mol. The first-order valence-electron chi connectivity index (χ1n) is 2.07. The minimum atomic E-state index is -0.274. The van der Waals surface area contributed by atoms with E-state index in [1.807, 2.05) is 20.8 Å². The lowest BCUT2D eigenvalue weighted by molar-refractivity contribution is 0.151. The molecule has 0 unspecified atom stereocenters. The van der Waals surface area contributed by atoms with E-state index < -0.39 is 0 Å². The zero-order valence-electron chi connectivity index (χ0n) is 4.76. The van der Waals surface area contributed by atoms with Gasteiger partial charge < -0.3 is 0 Å². The summed E-state index contributed by atoms with van der Waals surface area (Å²) in [6.07, 6.45) is 0. The van der Waals surface area contributed by atoms with Crippen LogP contribution in [0.1, 0.15) is 20.8 Å². The molecule has 0 aromatic carbocycles. The third kappa shape index (κ3) is 9.78. The van der Waals surface area contributed by atoms with E-state index in [1.165, 1.54) is 0 Å². The Kier molecular flexibility index (Phi) is 6.37. The molecule has 48 valence electrons. The highest BCUT2D eigenvalue weighted by Crippen LogP contribution is 2.13. The third-order valence-corrected chi connectivity index (χ3v) is 0.933. The summed E-state index contributed by atoms with van der Waals surface area (Å²) < 4.78 is 14.3. The first-order valence-corrected chi connectivity index (χ1v) is 2.80. The van der Waals surface area contributed by atoms with Crippen molar-refractivity contribution in [2.75, 3.05) is 0 Å². The van der Waals surface area contributed by atoms with E-state index in [-0.39, 0.29) is 31.6 Å². The van der Waals surface area contributed by atoms with Crippen molar-refractivity contribution in [1.82, 2.24) is 0 Å². The van der Waals surface area contributed by atoms with E-state index in [9.17, 15) is 4.57 Å². The molecule has 0 N–H and O–H groups in total. The van der Waals surface area contributed by atoms with Gasteiger partial charge >= 0.3 is 8.69 Å². The van der Waals surface area contributed by atoms with Gasteiger partial charge in [-0.3, -0.25) is 4.52 Å². The fraction of sp³-hybridized carbons (Fsp3) is 1.00. The molecule has 0 atom stereocenters. The van der Waals surface area contributed by atoms with Gasteiger partial charge in [0.15, 0.2) is 17.4 Å². The summed E-state index contributed by atoms with van der Waals surface area (Å²) in [6.45, 7) is 5.54. The lowest BCUT2D eigenvalue weighted by atomic mass is 10.2. The SMILES string of the molecule is CC(C)(C)OP=O.[AlH3]. The van der Waals surface area contributed by atoms with E-state index in [4.69, 9.17) is 0 Å². The Morgan fingerprint density at radius 2 is 1.75 bits per heavy atom. The second kappa shape index (κ2) is 4.47. The summed E-state index contributed by atoms with van der Waals surface area (Å²) in [5.74, 6) is 0. The van der Waals surface area contributed by atoms with Crippen molar-refractivity contribution in [1.29, 1.82) is 0 Å². The van der Waals surface area contributed by atoms with E-state index in [0.717, 1.165) is 0 Å². The molecule has 0 aliphatic rings. The molecule has 0 aromatic heterocycles. The standard InChI is InChI=1S/C4H9O2P.Al.3H/c1-4(2,3)6-7-5;;;;/h1-3H3;;;;. The van der Waals surface area contributed by atoms with Gasteiger partial charge in [-0.1, -0.05) is 0 Å². The smallest absolute Gasteiger partial charge is 0.289 e. The number of hydrogen-bond acceptors (Lipinski definition) is 2. The van der Waals surface area contributed by atoms with Gasteiger partial charge in [0.05, 0.1) is 5.60 Å². The second-order valence-electron chi connectivity index (χ2n) is 2.28. The summed E-state index contributed by atoms with van der Waals surface area (Å²) in [7, 11) is -0.241. The zero-order chi connectivity index (χ0) is 5.91. The average Bonchev–Trinajstić information content (AvgIpc) is 1.30. The van der Waals surface area contributed by atoms with Crippen LogP contribution >= 0.6 is 8.69 Å². The summed E-state index contributed by atoms with van der Waals surface area (Å²) >= 11 is 0. The van der Waals surface area contributed by atoms with Crippen LogP contribution in [0, 0.1) is 0 Å². The van der Waals surface area contributed by atoms with Gasteiger partial charge in [-0.2, -0.15) is 0 Å². The van der Waals surface area contributed by atoms with Crippen LogP contribution in [0.4, 0.5) is 0 Å². The summed E-state index contributed by atoms with van der Waals surface area (Å²) in [5.41, 5.74) is -0.274. The van der Waals surface area contributed by atoms with Crippen molar-refractivity contribution in [2.45, 2.75) is 26.4 Å². The molecule has 0 fully saturated rings. The number of rotatable bonds is 1. The highest BCUT2D eigenvalue weighted by Gasteiger charge is 2.08. The Balaban J connectivity index is 0. The lowest BCUT2D eigenvalue weighted by Gasteiger charge is -2.11. The van der Waals surface area contributed by atoms with Crippen molar-refractivity contribution in [3.05, 3.63) is 0 Å². The van der Waals surface area contributed by atoms with Crippen LogP contribution in [-0.2, 0) is 9.09 Å². The Morgan fingerprint density at radius 3 is 1.75 bits per heavy atom. The molecule has 0 rings (SSSR count). The Hall–Kier alpha value is 0.592. The quantitative estimate of drug-likeness (QED) is 0.408. The third-order valence-electron chi connectivity index (χ3n) is 0.311. The van der Waals surface area contributed by atoms with Crippen LogP contribution in [0.25, 0.3) is 0 Å². The molecule has 0 spiro atoms. The van der Waals surface area contributed by atoms with Crippen molar-refractivity contribution >= 4 is 26.0 Å². The normalized spacial score (nSPS) is 10.9. The van der Waals surface area contributed by atoms with Crippen LogP contribution in [0.2, 0.25) is 0 Å². The maximum atomic E-state index is 9.70. The first kappa shape index (κ1) is 11.4. The predicted octanol–water partition coefficient (Wildman–Crippen LogP) is 0.824. The second-order valence-corrected chi connectivity index (χ2v) is 2.61. The fourth-order valence-corrected chi connectivity index (χ4v) is 0.335. The largest absolute Gasteiger partial charge is 0.327 e. The zero-order valence-corrected chi connectivity index (χ0v) is 5.66. The highest BCUT2D eigenvalue weighted by atomic mass is 31.1. The minimum absolute atomic E-state index is 0. The van der Waals surface area contributed by atoms with E-state index >= 15 is 0 Å². The van der Waals surface area contributed by atoms with Gasteiger partial charge in [-0.05, 0) is 20.8 Å². The van der Waals surface area contributed by atoms with Gasteiger partial charge in [-0.15, -0.1) is 0 Å². The Bertz CT molecular complexity index is 68.9. The van der Waals surface area contributed by atoms with Crippen LogP contribution in [0.3, 0.4) is 0 Å². The van der Waals surface area contributed by atoms with Gasteiger partial charge in [0, 0.05) is 0 Å². The van der Waals surface area contributed by atoms with Crippen molar-refractivity contribution in [2.24, 2.45) is 0 Å². The Morgan fingerprint density at radius 1 is 1.38 bits per heavy atom. The molecule has 0 radical (unpaired) electrons. The molecule has 0 aliphatic heterocycles. The summed E-state index contributed by atoms with van der Waals surface area (Å²) in [6, 6.07) is 0. The van der Waals surface area contributed by atoms with E-state index in [1.54, 1.807) is 0 Å². The Labute approximate surface area is 62.0 Å². The highest BCUT2D eigenvalue weighted by molar-refractivity contribution is 7.17. The molecule has 0 saturated carbocycles. The molecule has 2 nitrogen and oxygen atoms in total. The maximum absolute atomic E-state index is 9.70. The van der Waals surface area contributed by atoms with Crippen LogP contribution < -0.4 is 0 Å². The molecular weight excluding hydrogens is 138 g/mol. The summed E-state index contributed by atoms with van der Waals surface area (Å²) in [5, 5.41) is 0. The van der Waals surface area contributed by atoms with Crippen LogP contribution in [-0.4, -0.2) is 23.0 Å². The maximum Gasteiger partial charge on any atom is 0.327 e. The molecule has 0 aromatic rings. The molecular formula is C4H12AlO2P. The predicted molar refractivity (Wildman–Crippen MR) is 38.4 cm³/mol. The molecule has 0 aliphatic carbocycles. The van der Waals surface area contributed by atoms with Gasteiger partial charge in [0.1, 0.15) is 0 Å².